The van der Waals surface area contributed by atoms with E-state index >= 15 is 0 Å². The Morgan fingerprint density at radius 1 is 1.14 bits per heavy atom. The van der Waals surface area contributed by atoms with Gasteiger partial charge in [0.25, 0.3) is 0 Å². The molecule has 1 aromatic carbocycles. The Morgan fingerprint density at radius 3 is 2.64 bits per heavy atom. The molecule has 0 N–H and O–H groups in total. The minimum atomic E-state index is -0.707. The maximum Gasteiger partial charge on any atom is 0.332 e. The second-order valence-electron chi connectivity index (χ2n) is 11.1. The van der Waals surface area contributed by atoms with Gasteiger partial charge in [-0.15, -0.1) is 11.3 Å². The number of hydrogen-bond donors (Lipinski definition) is 0. The van der Waals surface area contributed by atoms with Gasteiger partial charge in [0.15, 0.2) is 17.4 Å². The van der Waals surface area contributed by atoms with Gasteiger partial charge in [0.2, 0.25) is 0 Å². The molecule has 7 rings (SSSR count). The number of thiophene rings is 1. The molecule has 6 heterocycles. The number of benzene rings is 1. The van der Waals surface area contributed by atoms with Crippen LogP contribution in [0.1, 0.15) is 49.7 Å². The molecule has 1 unspecified atom stereocenters. The zero-order valence-electron chi connectivity index (χ0n) is 21.1. The van der Waals surface area contributed by atoms with Crippen LogP contribution >= 0.6 is 11.3 Å². The molecule has 0 radical (unpaired) electrons. The molecule has 2 atom stereocenters. The number of likely N-dealkylation sites (tertiary alicyclic amines) is 1. The number of carbonyl (C=O) groups is 1. The van der Waals surface area contributed by atoms with Crippen LogP contribution in [0.3, 0.4) is 0 Å². The Kier molecular flexibility index (Phi) is 6.48. The highest BCUT2D eigenvalue weighted by Gasteiger charge is 2.51. The summed E-state index contributed by atoms with van der Waals surface area (Å²) in [6, 6.07) is 16.4. The fourth-order valence-electron chi connectivity index (χ4n) is 6.57. The highest BCUT2D eigenvalue weighted by Crippen LogP contribution is 2.40. The van der Waals surface area contributed by atoms with Crippen molar-refractivity contribution in [2.75, 3.05) is 32.7 Å². The van der Waals surface area contributed by atoms with Crippen LogP contribution in [0.4, 0.5) is 0 Å². The Bertz CT molecular complexity index is 1160. The molecule has 4 fully saturated rings. The summed E-state index contributed by atoms with van der Waals surface area (Å²) in [5.74, 6) is 1.29. The van der Waals surface area contributed by atoms with Crippen molar-refractivity contribution in [2.45, 2.75) is 57.2 Å². The summed E-state index contributed by atoms with van der Waals surface area (Å²) in [4.78, 5) is 17.4. The van der Waals surface area contributed by atoms with E-state index in [0.717, 1.165) is 91.3 Å². The molecule has 0 saturated carbocycles. The monoisotopic (exact) mass is 506 g/mol. The largest absolute Gasteiger partial charge is 0.454 e. The number of ether oxygens (including phenoxy) is 1. The van der Waals surface area contributed by atoms with Crippen molar-refractivity contribution in [2.24, 2.45) is 5.92 Å². The maximum atomic E-state index is 13.9. The lowest BCUT2D eigenvalue weighted by Crippen LogP contribution is -2.64. The van der Waals surface area contributed by atoms with E-state index in [9.17, 15) is 4.79 Å². The fraction of sp³-hybridized carbons (Fsp3) is 0.517. The van der Waals surface area contributed by atoms with Crippen LogP contribution in [0.5, 0.6) is 0 Å². The predicted molar refractivity (Wildman–Crippen MR) is 140 cm³/mol. The van der Waals surface area contributed by atoms with Gasteiger partial charge in [-0.25, -0.2) is 4.79 Å². The Hall–Kier alpha value is -2.48. The lowest BCUT2D eigenvalue weighted by atomic mass is 9.82. The van der Waals surface area contributed by atoms with Crippen molar-refractivity contribution in [3.8, 4) is 11.3 Å². The number of quaternary nitrogens is 1. The topological polar surface area (TPSA) is 55.6 Å². The number of aromatic nitrogens is 1. The molecular formula is C29H36N3O3S+. The number of esters is 1. The average molecular weight is 507 g/mol. The molecule has 2 bridgehead atoms. The number of fused-ring (bicyclic) bond motifs is 3. The Balaban J connectivity index is 1.19. The van der Waals surface area contributed by atoms with Gasteiger partial charge in [-0.2, -0.15) is 0 Å². The van der Waals surface area contributed by atoms with Crippen molar-refractivity contribution in [3.63, 3.8) is 0 Å². The molecule has 3 aromatic rings. The molecule has 4 aliphatic rings. The SMILES string of the molecule is CC(C(=O)O[C@H]1C[N+]2(Cc3cc(-c4ccccc4)no3)CCC1CC2)(c1cccs1)N1CCCCC1. The minimum Gasteiger partial charge on any atom is -0.454 e. The Morgan fingerprint density at radius 2 is 1.92 bits per heavy atom. The molecule has 4 aliphatic heterocycles. The van der Waals surface area contributed by atoms with E-state index in [1.54, 1.807) is 11.3 Å². The highest BCUT2D eigenvalue weighted by molar-refractivity contribution is 7.10. The molecule has 0 spiro atoms. The van der Waals surface area contributed by atoms with Crippen LogP contribution in [0.15, 0.2) is 58.4 Å². The van der Waals surface area contributed by atoms with Crippen molar-refractivity contribution >= 4 is 17.3 Å². The van der Waals surface area contributed by atoms with E-state index in [1.165, 1.54) is 6.42 Å². The van der Waals surface area contributed by atoms with Crippen LogP contribution in [-0.4, -0.2) is 59.3 Å². The van der Waals surface area contributed by atoms with Gasteiger partial charge < -0.3 is 13.7 Å². The first-order valence-corrected chi connectivity index (χ1v) is 14.3. The minimum absolute atomic E-state index is 0.0411. The summed E-state index contributed by atoms with van der Waals surface area (Å²) in [6.07, 6.45) is 5.67. The van der Waals surface area contributed by atoms with Crippen molar-refractivity contribution < 1.29 is 18.5 Å². The van der Waals surface area contributed by atoms with Gasteiger partial charge in [0, 0.05) is 35.3 Å². The number of carbonyl (C=O) groups excluding carboxylic acids is 1. The third-order valence-corrected chi connectivity index (χ3v) is 9.89. The van der Waals surface area contributed by atoms with E-state index in [-0.39, 0.29) is 12.1 Å². The quantitative estimate of drug-likeness (QED) is 0.315. The normalized spacial score (nSPS) is 28.0. The molecule has 0 aliphatic carbocycles. The summed E-state index contributed by atoms with van der Waals surface area (Å²) >= 11 is 1.66. The molecule has 0 amide bonds. The first kappa shape index (κ1) is 23.9. The van der Waals surface area contributed by atoms with Crippen LogP contribution in [-0.2, 0) is 21.6 Å². The molecule has 4 saturated heterocycles. The second-order valence-corrected chi connectivity index (χ2v) is 12.0. The lowest BCUT2D eigenvalue weighted by molar-refractivity contribution is -0.959. The number of hydrogen-bond acceptors (Lipinski definition) is 6. The molecule has 190 valence electrons. The van der Waals surface area contributed by atoms with E-state index < -0.39 is 5.54 Å². The standard InChI is InChI=1S/C29H36N3O3S/c1-29(27-11-8-18-36-27,31-14-6-3-7-15-31)28(33)34-26-21-32(16-12-23(26)13-17-32)20-24-19-25(30-35-24)22-9-4-2-5-10-22/h2,4-5,8-11,18-19,23,26H,3,6-7,12-17,20-21H2,1H3/q+1/t23?,26-,29?,32?/m0/s1. The number of nitrogens with zero attached hydrogens (tertiary/aromatic N) is 3. The highest BCUT2D eigenvalue weighted by atomic mass is 32.1. The van der Waals surface area contributed by atoms with Crippen LogP contribution in [0, 0.1) is 5.92 Å². The zero-order valence-corrected chi connectivity index (χ0v) is 21.9. The van der Waals surface area contributed by atoms with E-state index in [1.807, 2.05) is 24.3 Å². The summed E-state index contributed by atoms with van der Waals surface area (Å²) in [5.41, 5.74) is 1.25. The van der Waals surface area contributed by atoms with Crippen LogP contribution in [0.25, 0.3) is 11.3 Å². The van der Waals surface area contributed by atoms with Crippen molar-refractivity contribution in [1.82, 2.24) is 10.1 Å². The van der Waals surface area contributed by atoms with E-state index in [2.05, 4.69) is 46.6 Å². The summed E-state index contributed by atoms with van der Waals surface area (Å²) in [7, 11) is 0. The summed E-state index contributed by atoms with van der Waals surface area (Å²) in [6.45, 7) is 7.85. The molecule has 6 nitrogen and oxygen atoms in total. The first-order valence-electron chi connectivity index (χ1n) is 13.4. The summed E-state index contributed by atoms with van der Waals surface area (Å²) < 4.78 is 13.2. The first-order chi connectivity index (χ1) is 17.6. The lowest BCUT2D eigenvalue weighted by Gasteiger charge is -2.52. The van der Waals surface area contributed by atoms with Gasteiger partial charge in [0.05, 0.1) is 13.1 Å². The molecular weight excluding hydrogens is 470 g/mol. The van der Waals surface area contributed by atoms with Crippen molar-refractivity contribution in [1.29, 1.82) is 0 Å². The molecule has 36 heavy (non-hydrogen) atoms. The predicted octanol–water partition coefficient (Wildman–Crippen LogP) is 5.46. The van der Waals surface area contributed by atoms with Crippen LogP contribution < -0.4 is 0 Å². The molecule has 7 heteroatoms. The van der Waals surface area contributed by atoms with Gasteiger partial charge >= 0.3 is 5.97 Å². The third kappa shape index (κ3) is 4.42. The van der Waals surface area contributed by atoms with Crippen LogP contribution in [0.2, 0.25) is 0 Å². The summed E-state index contributed by atoms with van der Waals surface area (Å²) in [5, 5.41) is 6.41. The number of piperidine rings is 4. The van der Waals surface area contributed by atoms with Gasteiger partial charge in [-0.05, 0) is 44.3 Å². The maximum absolute atomic E-state index is 13.9. The van der Waals surface area contributed by atoms with E-state index in [0.29, 0.717) is 5.92 Å². The Labute approximate surface area is 217 Å². The zero-order chi connectivity index (χ0) is 24.6. The van der Waals surface area contributed by atoms with Gasteiger partial charge in [0.1, 0.15) is 18.8 Å². The fourth-order valence-corrected chi connectivity index (χ4v) is 7.48. The number of rotatable bonds is 7. The van der Waals surface area contributed by atoms with Crippen molar-refractivity contribution in [3.05, 3.63) is 64.5 Å². The third-order valence-electron chi connectivity index (χ3n) is 8.81. The van der Waals surface area contributed by atoms with E-state index in [4.69, 9.17) is 9.26 Å². The average Bonchev–Trinajstić information content (AvgIpc) is 3.63. The second kappa shape index (κ2) is 9.77. The smallest absolute Gasteiger partial charge is 0.332 e. The molecule has 2 aromatic heterocycles. The van der Waals surface area contributed by atoms with Gasteiger partial charge in [-0.1, -0.05) is 48.0 Å². The van der Waals surface area contributed by atoms with Gasteiger partial charge in [-0.3, -0.25) is 4.90 Å².